The lowest BCUT2D eigenvalue weighted by Gasteiger charge is -2.17. The Morgan fingerprint density at radius 3 is 2.47 bits per heavy atom. The van der Waals surface area contributed by atoms with Crippen molar-refractivity contribution in [2.24, 2.45) is 11.8 Å². The number of hydrogen-bond donors (Lipinski definition) is 2. The van der Waals surface area contributed by atoms with Gasteiger partial charge in [0.1, 0.15) is 17.5 Å². The van der Waals surface area contributed by atoms with Gasteiger partial charge in [0, 0.05) is 6.07 Å². The van der Waals surface area contributed by atoms with Gasteiger partial charge in [0.2, 0.25) is 5.91 Å². The van der Waals surface area contributed by atoms with Crippen molar-refractivity contribution in [1.29, 1.82) is 0 Å². The number of amides is 1. The van der Waals surface area contributed by atoms with Crippen LogP contribution in [0.3, 0.4) is 0 Å². The van der Waals surface area contributed by atoms with Gasteiger partial charge in [0.25, 0.3) is 0 Å². The number of carbonyl (C=O) groups is 2. The van der Waals surface area contributed by atoms with Crippen LogP contribution in [0.25, 0.3) is 0 Å². The first-order valence-corrected chi connectivity index (χ1v) is 5.74. The zero-order valence-corrected chi connectivity index (χ0v) is 10.9. The number of carbonyl (C=O) groups excluding carboxylic acids is 1. The van der Waals surface area contributed by atoms with Crippen LogP contribution < -0.4 is 10.1 Å². The molecule has 1 aromatic rings. The molecule has 0 fully saturated rings. The Morgan fingerprint density at radius 1 is 1.37 bits per heavy atom. The van der Waals surface area contributed by atoms with E-state index < -0.39 is 23.6 Å². The number of rotatable bonds is 5. The predicted octanol–water partition coefficient (Wildman–Crippen LogP) is 2.13. The number of carboxylic acid groups (broad SMARTS) is 1. The largest absolute Gasteiger partial charge is 0.495 e. The zero-order chi connectivity index (χ0) is 14.6. The maximum atomic E-state index is 13.1. The van der Waals surface area contributed by atoms with Crippen molar-refractivity contribution in [1.82, 2.24) is 0 Å². The third kappa shape index (κ3) is 3.67. The number of halogens is 1. The summed E-state index contributed by atoms with van der Waals surface area (Å²) in [5.41, 5.74) is 0.111. The summed E-state index contributed by atoms with van der Waals surface area (Å²) >= 11 is 0. The van der Waals surface area contributed by atoms with E-state index in [1.54, 1.807) is 13.8 Å². The van der Waals surface area contributed by atoms with Gasteiger partial charge >= 0.3 is 5.97 Å². The van der Waals surface area contributed by atoms with Gasteiger partial charge in [-0.3, -0.25) is 9.59 Å². The van der Waals surface area contributed by atoms with E-state index in [1.807, 2.05) is 0 Å². The lowest BCUT2D eigenvalue weighted by molar-refractivity contribution is -0.147. The van der Waals surface area contributed by atoms with Crippen LogP contribution in [0.15, 0.2) is 18.2 Å². The molecule has 1 aromatic carbocycles. The van der Waals surface area contributed by atoms with Gasteiger partial charge in [-0.25, -0.2) is 4.39 Å². The number of ether oxygens (including phenoxy) is 1. The highest BCUT2D eigenvalue weighted by atomic mass is 19.1. The Balaban J connectivity index is 2.98. The normalized spacial score (nSPS) is 12.1. The van der Waals surface area contributed by atoms with Gasteiger partial charge in [0.05, 0.1) is 12.8 Å². The quantitative estimate of drug-likeness (QED) is 0.803. The molecule has 0 aliphatic rings. The fraction of sp³-hybridized carbons (Fsp3) is 0.385. The van der Waals surface area contributed by atoms with Gasteiger partial charge in [-0.2, -0.15) is 0 Å². The van der Waals surface area contributed by atoms with Crippen LogP contribution in [0.5, 0.6) is 5.75 Å². The second-order valence-corrected chi connectivity index (χ2v) is 4.39. The second-order valence-electron chi connectivity index (χ2n) is 4.39. The number of benzene rings is 1. The molecule has 6 heteroatoms. The number of aliphatic carboxylic acids is 1. The zero-order valence-electron chi connectivity index (χ0n) is 10.9. The molecule has 0 aromatic heterocycles. The molecule has 0 saturated carbocycles. The first kappa shape index (κ1) is 14.9. The monoisotopic (exact) mass is 269 g/mol. The molecule has 1 amide bonds. The first-order chi connectivity index (χ1) is 8.86. The fourth-order valence-electron chi connectivity index (χ4n) is 1.69. The van der Waals surface area contributed by atoms with Crippen LogP contribution in [0, 0.1) is 17.7 Å². The summed E-state index contributed by atoms with van der Waals surface area (Å²) in [6.07, 6.45) is 0. The Bertz CT molecular complexity index is 488. The third-order valence-electron chi connectivity index (χ3n) is 2.63. The SMILES string of the molecule is COc1ccc(F)cc1NC(=O)C(C(=O)O)C(C)C. The number of carboxylic acids is 1. The van der Waals surface area contributed by atoms with E-state index in [0.717, 1.165) is 6.07 Å². The molecular weight excluding hydrogens is 253 g/mol. The molecule has 2 N–H and O–H groups in total. The minimum Gasteiger partial charge on any atom is -0.495 e. The molecule has 0 heterocycles. The van der Waals surface area contributed by atoms with Crippen molar-refractivity contribution in [3.8, 4) is 5.75 Å². The van der Waals surface area contributed by atoms with Crippen LogP contribution >= 0.6 is 0 Å². The Hall–Kier alpha value is -2.11. The number of hydrogen-bond acceptors (Lipinski definition) is 3. The highest BCUT2D eigenvalue weighted by Gasteiger charge is 2.30. The molecule has 19 heavy (non-hydrogen) atoms. The lowest BCUT2D eigenvalue weighted by atomic mass is 9.95. The summed E-state index contributed by atoms with van der Waals surface area (Å²) < 4.78 is 18.1. The van der Waals surface area contributed by atoms with Crippen molar-refractivity contribution < 1.29 is 23.8 Å². The van der Waals surface area contributed by atoms with E-state index in [2.05, 4.69) is 5.32 Å². The molecule has 104 valence electrons. The van der Waals surface area contributed by atoms with Crippen LogP contribution in [-0.2, 0) is 9.59 Å². The number of methoxy groups -OCH3 is 1. The van der Waals surface area contributed by atoms with E-state index in [1.165, 1.54) is 19.2 Å². The molecule has 1 atom stereocenters. The van der Waals surface area contributed by atoms with Crippen LogP contribution in [0.2, 0.25) is 0 Å². The molecule has 0 aliphatic heterocycles. The van der Waals surface area contributed by atoms with Gasteiger partial charge in [-0.05, 0) is 18.1 Å². The van der Waals surface area contributed by atoms with Gasteiger partial charge in [-0.1, -0.05) is 13.8 Å². The van der Waals surface area contributed by atoms with Crippen LogP contribution in [0.1, 0.15) is 13.8 Å². The van der Waals surface area contributed by atoms with Gasteiger partial charge < -0.3 is 15.2 Å². The summed E-state index contributed by atoms with van der Waals surface area (Å²) in [5, 5.41) is 11.4. The summed E-state index contributed by atoms with van der Waals surface area (Å²) in [4.78, 5) is 22.9. The minimum atomic E-state index is -1.22. The van der Waals surface area contributed by atoms with Crippen LogP contribution in [0.4, 0.5) is 10.1 Å². The highest BCUT2D eigenvalue weighted by Crippen LogP contribution is 2.26. The molecule has 0 aliphatic carbocycles. The third-order valence-corrected chi connectivity index (χ3v) is 2.63. The Labute approximate surface area is 110 Å². The predicted molar refractivity (Wildman–Crippen MR) is 67.5 cm³/mol. The lowest BCUT2D eigenvalue weighted by Crippen LogP contribution is -2.33. The molecule has 0 spiro atoms. The summed E-state index contributed by atoms with van der Waals surface area (Å²) in [7, 11) is 1.38. The van der Waals surface area contributed by atoms with E-state index in [-0.39, 0.29) is 17.4 Å². The molecule has 0 saturated heterocycles. The highest BCUT2D eigenvalue weighted by molar-refractivity contribution is 6.05. The minimum absolute atomic E-state index is 0.111. The topological polar surface area (TPSA) is 75.6 Å². The Morgan fingerprint density at radius 2 is 2.00 bits per heavy atom. The smallest absolute Gasteiger partial charge is 0.316 e. The van der Waals surface area contributed by atoms with E-state index in [4.69, 9.17) is 9.84 Å². The standard InChI is InChI=1S/C13H16FNO4/c1-7(2)11(13(17)18)12(16)15-9-6-8(14)4-5-10(9)19-3/h4-7,11H,1-3H3,(H,15,16)(H,17,18). The van der Waals surface area contributed by atoms with E-state index in [9.17, 15) is 14.0 Å². The van der Waals surface area contributed by atoms with Crippen molar-refractivity contribution in [3.05, 3.63) is 24.0 Å². The maximum absolute atomic E-state index is 13.1. The van der Waals surface area contributed by atoms with Gasteiger partial charge in [0.15, 0.2) is 0 Å². The average molecular weight is 269 g/mol. The summed E-state index contributed by atoms with van der Waals surface area (Å²) in [5.74, 6) is -3.78. The van der Waals surface area contributed by atoms with E-state index >= 15 is 0 Å². The van der Waals surface area contributed by atoms with Crippen molar-refractivity contribution in [2.45, 2.75) is 13.8 Å². The summed E-state index contributed by atoms with van der Waals surface area (Å²) in [6.45, 7) is 3.25. The molecule has 0 radical (unpaired) electrons. The second kappa shape index (κ2) is 6.17. The summed E-state index contributed by atoms with van der Waals surface area (Å²) in [6, 6.07) is 3.62. The fourth-order valence-corrected chi connectivity index (χ4v) is 1.69. The van der Waals surface area contributed by atoms with E-state index in [0.29, 0.717) is 0 Å². The van der Waals surface area contributed by atoms with Crippen LogP contribution in [-0.4, -0.2) is 24.1 Å². The molecular formula is C13H16FNO4. The van der Waals surface area contributed by atoms with Crippen molar-refractivity contribution in [2.75, 3.05) is 12.4 Å². The van der Waals surface area contributed by atoms with Crippen molar-refractivity contribution >= 4 is 17.6 Å². The maximum Gasteiger partial charge on any atom is 0.316 e. The molecule has 5 nitrogen and oxygen atoms in total. The number of anilines is 1. The molecule has 1 unspecified atom stereocenters. The van der Waals surface area contributed by atoms with Crippen molar-refractivity contribution in [3.63, 3.8) is 0 Å². The van der Waals surface area contributed by atoms with Gasteiger partial charge in [-0.15, -0.1) is 0 Å². The number of nitrogens with one attached hydrogen (secondary N) is 1. The molecule has 0 bridgehead atoms. The average Bonchev–Trinajstić information content (AvgIpc) is 2.27. The Kier molecular flexibility index (Phi) is 4.86. The molecule has 1 rings (SSSR count). The first-order valence-electron chi connectivity index (χ1n) is 5.74.